The number of methoxy groups -OCH3 is 1. The molecule has 4 nitrogen and oxygen atoms in total. The Kier molecular flexibility index (Phi) is 4.06. The van der Waals surface area contributed by atoms with Crippen LogP contribution in [-0.4, -0.2) is 27.2 Å². The molecule has 1 N–H and O–H groups in total. The molecule has 0 spiro atoms. The van der Waals surface area contributed by atoms with Gasteiger partial charge < -0.3 is 4.74 Å². The summed E-state index contributed by atoms with van der Waals surface area (Å²) in [6.07, 6.45) is 0. The fourth-order valence-corrected chi connectivity index (χ4v) is 1.30. The molecular formula is C9H13NO3S. The molecule has 14 heavy (non-hydrogen) atoms. The van der Waals surface area contributed by atoms with Crippen LogP contribution >= 0.6 is 0 Å². The van der Waals surface area contributed by atoms with Gasteiger partial charge in [0.2, 0.25) is 11.3 Å². The molecule has 0 aromatic heterocycles. The first-order valence-corrected chi connectivity index (χ1v) is 5.15. The van der Waals surface area contributed by atoms with Crippen LogP contribution in [0, 0.1) is 0 Å². The third-order valence-electron chi connectivity index (χ3n) is 1.83. The Labute approximate surface area is 85.9 Å². The number of nitrogens with zero attached hydrogens (tertiary/aromatic N) is 1. The molecule has 0 radical (unpaired) electrons. The number of hydrogen-bond acceptors (Lipinski definition) is 2. The third kappa shape index (κ3) is 3.10. The van der Waals surface area contributed by atoms with Crippen molar-refractivity contribution in [3.05, 3.63) is 29.8 Å². The maximum absolute atomic E-state index is 10.6. The van der Waals surface area contributed by atoms with Gasteiger partial charge in [-0.15, -0.1) is 0 Å². The van der Waals surface area contributed by atoms with Crippen LogP contribution < -0.4 is 4.74 Å². The molecule has 1 aromatic carbocycles. The van der Waals surface area contributed by atoms with Crippen molar-refractivity contribution >= 4 is 11.3 Å². The molecule has 0 saturated heterocycles. The van der Waals surface area contributed by atoms with Crippen molar-refractivity contribution in [3.8, 4) is 5.75 Å². The van der Waals surface area contributed by atoms with E-state index in [2.05, 4.69) is 0 Å². The quantitative estimate of drug-likeness (QED) is 0.769. The molecule has 0 saturated carbocycles. The second kappa shape index (κ2) is 5.09. The Hall–Kier alpha value is -0.910. The van der Waals surface area contributed by atoms with Gasteiger partial charge in [-0.1, -0.05) is 12.1 Å². The Morgan fingerprint density at radius 3 is 2.43 bits per heavy atom. The first kappa shape index (κ1) is 11.2. The van der Waals surface area contributed by atoms with Crippen molar-refractivity contribution in [1.82, 2.24) is 4.31 Å². The minimum Gasteiger partial charge on any atom is -0.497 e. The monoisotopic (exact) mass is 215 g/mol. The van der Waals surface area contributed by atoms with Crippen LogP contribution in [-0.2, 0) is 17.8 Å². The van der Waals surface area contributed by atoms with Crippen molar-refractivity contribution in [1.29, 1.82) is 0 Å². The molecule has 1 aromatic rings. The van der Waals surface area contributed by atoms with Crippen LogP contribution in [0.2, 0.25) is 0 Å². The molecule has 0 amide bonds. The first-order valence-electron chi connectivity index (χ1n) is 4.08. The molecular weight excluding hydrogens is 202 g/mol. The van der Waals surface area contributed by atoms with Crippen molar-refractivity contribution in [2.75, 3.05) is 14.2 Å². The van der Waals surface area contributed by atoms with Crippen LogP contribution in [0.3, 0.4) is 0 Å². The van der Waals surface area contributed by atoms with Gasteiger partial charge in [0.15, 0.2) is 0 Å². The molecule has 0 fully saturated rings. The van der Waals surface area contributed by atoms with Gasteiger partial charge in [0.1, 0.15) is 5.75 Å². The van der Waals surface area contributed by atoms with Gasteiger partial charge in [0.25, 0.3) is 0 Å². The zero-order valence-corrected chi connectivity index (χ0v) is 8.95. The number of hydrogen-bond donors (Lipinski definition) is 1. The average Bonchev–Trinajstić information content (AvgIpc) is 2.19. The fourth-order valence-electron chi connectivity index (χ4n) is 1.04. The highest BCUT2D eigenvalue weighted by atomic mass is 32.2. The van der Waals surface area contributed by atoms with Crippen molar-refractivity contribution < 1.29 is 13.5 Å². The van der Waals surface area contributed by atoms with E-state index in [1.54, 1.807) is 14.2 Å². The highest BCUT2D eigenvalue weighted by Gasteiger charge is 2.04. The Balaban J connectivity index is 2.64. The Morgan fingerprint density at radius 2 is 2.00 bits per heavy atom. The van der Waals surface area contributed by atoms with E-state index >= 15 is 0 Å². The molecule has 0 aliphatic carbocycles. The predicted octanol–water partition coefficient (Wildman–Crippen LogP) is 1.26. The van der Waals surface area contributed by atoms with Crippen LogP contribution in [0.15, 0.2) is 24.3 Å². The van der Waals surface area contributed by atoms with E-state index < -0.39 is 11.3 Å². The predicted molar refractivity (Wildman–Crippen MR) is 55.2 cm³/mol. The van der Waals surface area contributed by atoms with Gasteiger partial charge in [-0.05, 0) is 17.7 Å². The van der Waals surface area contributed by atoms with Crippen LogP contribution in [0.1, 0.15) is 5.56 Å². The van der Waals surface area contributed by atoms with Crippen LogP contribution in [0.4, 0.5) is 0 Å². The molecule has 1 rings (SSSR count). The SMILES string of the molecule is COc1ccc(CN(C)S(=O)O)cc1. The van der Waals surface area contributed by atoms with Gasteiger partial charge in [0, 0.05) is 13.6 Å². The summed E-state index contributed by atoms with van der Waals surface area (Å²) in [5.41, 5.74) is 0.968. The highest BCUT2D eigenvalue weighted by molar-refractivity contribution is 7.76. The largest absolute Gasteiger partial charge is 0.497 e. The van der Waals surface area contributed by atoms with Crippen molar-refractivity contribution in [2.24, 2.45) is 0 Å². The standard InChI is InChI=1S/C9H13NO3S/c1-10(14(11)12)7-8-3-5-9(13-2)6-4-8/h3-6H,7H2,1-2H3,(H,11,12). The zero-order valence-electron chi connectivity index (χ0n) is 8.14. The van der Waals surface area contributed by atoms with Crippen molar-refractivity contribution in [2.45, 2.75) is 6.54 Å². The molecule has 0 bridgehead atoms. The lowest BCUT2D eigenvalue weighted by molar-refractivity contribution is 0.414. The second-order valence-corrected chi connectivity index (χ2v) is 3.95. The van der Waals surface area contributed by atoms with Gasteiger partial charge in [-0.3, -0.25) is 4.55 Å². The topological polar surface area (TPSA) is 49.8 Å². The lowest BCUT2D eigenvalue weighted by atomic mass is 10.2. The third-order valence-corrected chi connectivity index (χ3v) is 2.49. The average molecular weight is 215 g/mol. The molecule has 5 heteroatoms. The smallest absolute Gasteiger partial charge is 0.234 e. The fraction of sp³-hybridized carbons (Fsp3) is 0.333. The maximum Gasteiger partial charge on any atom is 0.234 e. The highest BCUT2D eigenvalue weighted by Crippen LogP contribution is 2.12. The Morgan fingerprint density at radius 1 is 1.43 bits per heavy atom. The summed E-state index contributed by atoms with van der Waals surface area (Å²) in [5, 5.41) is 0. The normalized spacial score (nSPS) is 12.9. The molecule has 0 aliphatic heterocycles. The maximum atomic E-state index is 10.6. The molecule has 1 atom stereocenters. The van der Waals surface area contributed by atoms with Gasteiger partial charge in [0.05, 0.1) is 7.11 Å². The van der Waals surface area contributed by atoms with E-state index in [4.69, 9.17) is 9.29 Å². The van der Waals surface area contributed by atoms with E-state index in [0.717, 1.165) is 11.3 Å². The molecule has 0 aliphatic rings. The summed E-state index contributed by atoms with van der Waals surface area (Å²) in [6, 6.07) is 7.37. The summed E-state index contributed by atoms with van der Waals surface area (Å²) in [4.78, 5) is 0. The zero-order chi connectivity index (χ0) is 10.6. The summed E-state index contributed by atoms with van der Waals surface area (Å²) in [5.74, 6) is 0.779. The second-order valence-electron chi connectivity index (χ2n) is 2.86. The first-order chi connectivity index (χ1) is 6.63. The molecule has 78 valence electrons. The van der Waals surface area contributed by atoms with Crippen LogP contribution in [0.25, 0.3) is 0 Å². The van der Waals surface area contributed by atoms with E-state index in [-0.39, 0.29) is 0 Å². The van der Waals surface area contributed by atoms with Gasteiger partial charge in [-0.2, -0.15) is 4.31 Å². The molecule has 0 heterocycles. The minimum atomic E-state index is -1.92. The van der Waals surface area contributed by atoms with Crippen LogP contribution in [0.5, 0.6) is 5.75 Å². The van der Waals surface area contributed by atoms with E-state index in [0.29, 0.717) is 6.54 Å². The minimum absolute atomic E-state index is 0.438. The van der Waals surface area contributed by atoms with Gasteiger partial charge in [-0.25, -0.2) is 4.21 Å². The van der Waals surface area contributed by atoms with E-state index in [1.165, 1.54) is 4.31 Å². The van der Waals surface area contributed by atoms with Crippen molar-refractivity contribution in [3.63, 3.8) is 0 Å². The lowest BCUT2D eigenvalue weighted by Crippen LogP contribution is -2.19. The van der Waals surface area contributed by atoms with E-state index in [1.807, 2.05) is 24.3 Å². The summed E-state index contributed by atoms with van der Waals surface area (Å²) in [6.45, 7) is 0.438. The number of ether oxygens (including phenoxy) is 1. The summed E-state index contributed by atoms with van der Waals surface area (Å²) < 4.78 is 25.7. The number of rotatable bonds is 4. The summed E-state index contributed by atoms with van der Waals surface area (Å²) >= 11 is -1.92. The molecule has 1 unspecified atom stereocenters. The Bertz CT molecular complexity index is 312. The van der Waals surface area contributed by atoms with E-state index in [9.17, 15) is 4.21 Å². The van der Waals surface area contributed by atoms with Gasteiger partial charge >= 0.3 is 0 Å². The summed E-state index contributed by atoms with van der Waals surface area (Å²) in [7, 11) is 3.18. The number of benzene rings is 1. The lowest BCUT2D eigenvalue weighted by Gasteiger charge is -2.11.